The van der Waals surface area contributed by atoms with Gasteiger partial charge in [0.15, 0.2) is 6.61 Å². The summed E-state index contributed by atoms with van der Waals surface area (Å²) in [5, 5.41) is 2.79. The van der Waals surface area contributed by atoms with Crippen LogP contribution in [0.2, 0.25) is 0 Å². The maximum Gasteiger partial charge on any atom is 0.306 e. The Morgan fingerprint density at radius 1 is 0.973 bits per heavy atom. The minimum Gasteiger partial charge on any atom is -0.494 e. The Kier molecular flexibility index (Phi) is 12.0. The standard InChI is InChI=1S/C31H44N2O4/c1-24(2)19-26-11-13-28(14-12-26)25(3)20-31(35)37-23-30(34)32-15-8-18-36-29-10-7-9-27(21-29)22-33-16-5-4-6-17-33/h7,9-14,21,24-25H,4-6,8,15-20,22-23H2,1-3H3,(H,32,34). The zero-order valence-electron chi connectivity index (χ0n) is 22.8. The Hall–Kier alpha value is -2.86. The van der Waals surface area contributed by atoms with E-state index in [0.717, 1.165) is 24.3 Å². The van der Waals surface area contributed by atoms with E-state index in [-0.39, 0.29) is 30.8 Å². The van der Waals surface area contributed by atoms with E-state index < -0.39 is 0 Å². The molecule has 0 spiro atoms. The predicted molar refractivity (Wildman–Crippen MR) is 148 cm³/mol. The molecule has 202 valence electrons. The number of amides is 1. The van der Waals surface area contributed by atoms with E-state index in [1.54, 1.807) is 0 Å². The van der Waals surface area contributed by atoms with Gasteiger partial charge < -0.3 is 14.8 Å². The maximum absolute atomic E-state index is 12.2. The Morgan fingerprint density at radius 3 is 2.46 bits per heavy atom. The molecule has 6 heteroatoms. The summed E-state index contributed by atoms with van der Waals surface area (Å²) >= 11 is 0. The number of nitrogens with zero attached hydrogens (tertiary/aromatic N) is 1. The van der Waals surface area contributed by atoms with Crippen LogP contribution in [0.3, 0.4) is 0 Å². The Balaban J connectivity index is 1.26. The Bertz CT molecular complexity index is 967. The summed E-state index contributed by atoms with van der Waals surface area (Å²) in [6, 6.07) is 16.7. The van der Waals surface area contributed by atoms with Gasteiger partial charge in [0, 0.05) is 13.1 Å². The third-order valence-electron chi connectivity index (χ3n) is 6.70. The van der Waals surface area contributed by atoms with Crippen LogP contribution in [0.25, 0.3) is 0 Å². The number of ether oxygens (including phenoxy) is 2. The summed E-state index contributed by atoms with van der Waals surface area (Å²) < 4.78 is 11.1. The minimum atomic E-state index is -0.360. The first-order valence-corrected chi connectivity index (χ1v) is 13.8. The summed E-state index contributed by atoms with van der Waals surface area (Å²) in [5.41, 5.74) is 3.68. The van der Waals surface area contributed by atoms with Gasteiger partial charge in [-0.15, -0.1) is 0 Å². The van der Waals surface area contributed by atoms with E-state index in [0.29, 0.717) is 25.5 Å². The summed E-state index contributed by atoms with van der Waals surface area (Å²) in [6.07, 6.45) is 5.89. The third kappa shape index (κ3) is 11.0. The number of rotatable bonds is 14. The molecule has 6 nitrogen and oxygen atoms in total. The molecule has 1 heterocycles. The van der Waals surface area contributed by atoms with E-state index in [4.69, 9.17) is 9.47 Å². The van der Waals surface area contributed by atoms with Crippen molar-refractivity contribution in [2.24, 2.45) is 5.92 Å². The molecule has 1 unspecified atom stereocenters. The van der Waals surface area contributed by atoms with Gasteiger partial charge in [-0.25, -0.2) is 0 Å². The molecule has 1 aliphatic rings. The first kappa shape index (κ1) is 28.7. The van der Waals surface area contributed by atoms with Gasteiger partial charge in [-0.05, 0) is 79.4 Å². The Morgan fingerprint density at radius 2 is 1.73 bits per heavy atom. The zero-order chi connectivity index (χ0) is 26.5. The van der Waals surface area contributed by atoms with Crippen LogP contribution >= 0.6 is 0 Å². The van der Waals surface area contributed by atoms with E-state index in [2.05, 4.69) is 60.5 Å². The summed E-state index contributed by atoms with van der Waals surface area (Å²) in [6.45, 7) is 10.5. The van der Waals surface area contributed by atoms with Crippen LogP contribution in [0.5, 0.6) is 5.75 Å². The second-order valence-electron chi connectivity index (χ2n) is 10.6. The number of carbonyl (C=O) groups excluding carboxylic acids is 2. The maximum atomic E-state index is 12.2. The van der Waals surface area contributed by atoms with Crippen LogP contribution in [0.1, 0.15) is 75.5 Å². The van der Waals surface area contributed by atoms with Crippen molar-refractivity contribution in [2.75, 3.05) is 32.8 Å². The van der Waals surface area contributed by atoms with E-state index in [1.807, 2.05) is 19.1 Å². The largest absolute Gasteiger partial charge is 0.494 e. The normalized spacial score (nSPS) is 14.8. The highest BCUT2D eigenvalue weighted by Gasteiger charge is 2.14. The summed E-state index contributed by atoms with van der Waals surface area (Å²) in [4.78, 5) is 26.8. The van der Waals surface area contributed by atoms with Crippen LogP contribution < -0.4 is 10.1 Å². The number of carbonyl (C=O) groups is 2. The lowest BCUT2D eigenvalue weighted by Crippen LogP contribution is -2.30. The second kappa shape index (κ2) is 15.4. The molecule has 3 rings (SSSR count). The molecule has 1 aliphatic heterocycles. The highest BCUT2D eigenvalue weighted by molar-refractivity contribution is 5.80. The average molecular weight is 509 g/mol. The molecule has 0 radical (unpaired) electrons. The fraction of sp³-hybridized carbons (Fsp3) is 0.548. The first-order valence-electron chi connectivity index (χ1n) is 13.8. The predicted octanol–water partition coefficient (Wildman–Crippen LogP) is 5.49. The zero-order valence-corrected chi connectivity index (χ0v) is 22.8. The van der Waals surface area contributed by atoms with Crippen molar-refractivity contribution in [3.8, 4) is 5.75 Å². The van der Waals surface area contributed by atoms with Crippen LogP contribution in [0.4, 0.5) is 0 Å². The number of piperidine rings is 1. The smallest absolute Gasteiger partial charge is 0.306 e. The van der Waals surface area contributed by atoms with Gasteiger partial charge in [0.1, 0.15) is 5.75 Å². The SMILES string of the molecule is CC(C)Cc1ccc(C(C)CC(=O)OCC(=O)NCCCOc2cccc(CN3CCCCC3)c2)cc1. The topological polar surface area (TPSA) is 67.9 Å². The quantitative estimate of drug-likeness (QED) is 0.270. The molecule has 2 aromatic rings. The van der Waals surface area contributed by atoms with E-state index >= 15 is 0 Å². The highest BCUT2D eigenvalue weighted by Crippen LogP contribution is 2.21. The molecule has 0 aromatic heterocycles. The van der Waals surface area contributed by atoms with Crippen molar-refractivity contribution in [3.05, 3.63) is 65.2 Å². The lowest BCUT2D eigenvalue weighted by molar-refractivity contribution is -0.148. The van der Waals surface area contributed by atoms with Gasteiger partial charge in [0.25, 0.3) is 5.91 Å². The molecule has 2 aromatic carbocycles. The first-order chi connectivity index (χ1) is 17.9. The van der Waals surface area contributed by atoms with Crippen molar-refractivity contribution < 1.29 is 19.1 Å². The summed E-state index contributed by atoms with van der Waals surface area (Å²) in [7, 11) is 0. The van der Waals surface area contributed by atoms with Gasteiger partial charge >= 0.3 is 5.97 Å². The van der Waals surface area contributed by atoms with Gasteiger partial charge in [0.05, 0.1) is 13.0 Å². The van der Waals surface area contributed by atoms with Crippen molar-refractivity contribution in [3.63, 3.8) is 0 Å². The number of esters is 1. The molecule has 0 bridgehead atoms. The van der Waals surface area contributed by atoms with E-state index in [1.165, 1.54) is 43.5 Å². The lowest BCUT2D eigenvalue weighted by atomic mass is 9.95. The number of likely N-dealkylation sites (tertiary alicyclic amines) is 1. The monoisotopic (exact) mass is 508 g/mol. The molecule has 1 fully saturated rings. The lowest BCUT2D eigenvalue weighted by Gasteiger charge is -2.26. The third-order valence-corrected chi connectivity index (χ3v) is 6.70. The number of hydrogen-bond acceptors (Lipinski definition) is 5. The summed E-state index contributed by atoms with van der Waals surface area (Å²) in [5.74, 6) is 0.866. The number of nitrogens with one attached hydrogen (secondary N) is 1. The van der Waals surface area contributed by atoms with E-state index in [9.17, 15) is 9.59 Å². The van der Waals surface area contributed by atoms with Crippen LogP contribution in [-0.2, 0) is 27.3 Å². The fourth-order valence-electron chi connectivity index (χ4n) is 4.68. The van der Waals surface area contributed by atoms with Crippen LogP contribution in [-0.4, -0.2) is 49.6 Å². The molecule has 0 saturated carbocycles. The molecule has 1 saturated heterocycles. The molecular weight excluding hydrogens is 464 g/mol. The highest BCUT2D eigenvalue weighted by atomic mass is 16.5. The van der Waals surface area contributed by atoms with Gasteiger partial charge in [-0.3, -0.25) is 14.5 Å². The Labute approximate surface area is 222 Å². The molecular formula is C31H44N2O4. The minimum absolute atomic E-state index is 0.0409. The van der Waals surface area contributed by atoms with Gasteiger partial charge in [-0.2, -0.15) is 0 Å². The van der Waals surface area contributed by atoms with Gasteiger partial charge in [-0.1, -0.05) is 63.6 Å². The molecule has 1 N–H and O–H groups in total. The van der Waals surface area contributed by atoms with Crippen molar-refractivity contribution in [1.82, 2.24) is 10.2 Å². The molecule has 0 aliphatic carbocycles. The molecule has 37 heavy (non-hydrogen) atoms. The average Bonchev–Trinajstić information content (AvgIpc) is 2.88. The van der Waals surface area contributed by atoms with Crippen molar-refractivity contribution in [1.29, 1.82) is 0 Å². The number of hydrogen-bond donors (Lipinski definition) is 1. The number of benzene rings is 2. The van der Waals surface area contributed by atoms with Crippen molar-refractivity contribution >= 4 is 11.9 Å². The second-order valence-corrected chi connectivity index (χ2v) is 10.6. The van der Waals surface area contributed by atoms with Crippen LogP contribution in [0.15, 0.2) is 48.5 Å². The molecule has 1 atom stereocenters. The van der Waals surface area contributed by atoms with Gasteiger partial charge in [0.2, 0.25) is 0 Å². The molecule has 1 amide bonds. The fourth-order valence-corrected chi connectivity index (χ4v) is 4.68. The van der Waals surface area contributed by atoms with Crippen LogP contribution in [0, 0.1) is 5.92 Å². The van der Waals surface area contributed by atoms with Crippen molar-refractivity contribution in [2.45, 2.75) is 71.8 Å².